The molecule has 2 N–H and O–H groups in total. The van der Waals surface area contributed by atoms with E-state index in [1.807, 2.05) is 20.8 Å². The summed E-state index contributed by atoms with van der Waals surface area (Å²) in [5, 5.41) is 11.9. The second kappa shape index (κ2) is 17.6. The zero-order valence-electron chi connectivity index (χ0n) is 23.4. The molecule has 1 aliphatic heterocycles. The molecular formula is C29H40F4N2O5. The predicted octanol–water partition coefficient (Wildman–Crippen LogP) is 6.10. The highest BCUT2D eigenvalue weighted by atomic mass is 19.1. The summed E-state index contributed by atoms with van der Waals surface area (Å²) in [6, 6.07) is 4.46. The second-order valence-electron chi connectivity index (χ2n) is 9.31. The van der Waals surface area contributed by atoms with Gasteiger partial charge in [0.25, 0.3) is 0 Å². The van der Waals surface area contributed by atoms with Crippen LogP contribution in [-0.2, 0) is 18.0 Å². The van der Waals surface area contributed by atoms with E-state index >= 15 is 0 Å². The van der Waals surface area contributed by atoms with Gasteiger partial charge in [-0.25, -0.2) is 22.4 Å². The molecule has 0 saturated carbocycles. The number of benzene rings is 2. The molecule has 0 bridgehead atoms. The number of piperazine rings is 1. The third-order valence-electron chi connectivity index (χ3n) is 6.32. The normalized spacial score (nSPS) is 14.8. The van der Waals surface area contributed by atoms with Gasteiger partial charge in [0, 0.05) is 55.5 Å². The number of carbonyl (C=O) groups excluding carboxylic acids is 1. The van der Waals surface area contributed by atoms with Crippen LogP contribution in [0, 0.1) is 23.3 Å². The summed E-state index contributed by atoms with van der Waals surface area (Å²) in [6.45, 7) is 7.64. The minimum absolute atomic E-state index is 0.0327. The minimum atomic E-state index is -0.774. The van der Waals surface area contributed by atoms with Crippen molar-refractivity contribution in [1.29, 1.82) is 0 Å². The van der Waals surface area contributed by atoms with E-state index in [0.29, 0.717) is 32.8 Å². The predicted molar refractivity (Wildman–Crippen MR) is 143 cm³/mol. The standard InChI is InChI=1S/C18H26F2N2O3.C11H14F2O2/c1-3-5-8-24-14-9-16(19)15(17(20)10-14)12-25-18(23)22-7-6-21-11-13(22)4-2;1-2-3-4-15-8-5-10(12)9(7-14)11(13)6-8/h9-10,13,21H,3-8,11-12H2,1-2H3;5-6,14H,2-4,7H2,1H3/t13-;/m1./s1. The molecule has 1 fully saturated rings. The minimum Gasteiger partial charge on any atom is -0.493 e. The molecule has 2 aromatic carbocycles. The number of aliphatic hydroxyl groups is 1. The van der Waals surface area contributed by atoms with Crippen LogP contribution in [0.5, 0.6) is 11.5 Å². The number of hydrogen-bond acceptors (Lipinski definition) is 6. The zero-order chi connectivity index (χ0) is 29.5. The lowest BCUT2D eigenvalue weighted by molar-refractivity contribution is 0.0699. The quantitative estimate of drug-likeness (QED) is 0.236. The van der Waals surface area contributed by atoms with Crippen LogP contribution < -0.4 is 14.8 Å². The van der Waals surface area contributed by atoms with Crippen molar-refractivity contribution >= 4 is 6.09 Å². The zero-order valence-corrected chi connectivity index (χ0v) is 23.4. The van der Waals surface area contributed by atoms with Crippen molar-refractivity contribution in [3.05, 3.63) is 58.7 Å². The number of ether oxygens (including phenoxy) is 3. The molecule has 0 unspecified atom stereocenters. The Hall–Kier alpha value is -3.05. The van der Waals surface area contributed by atoms with Crippen LogP contribution in [-0.4, -0.2) is 55.0 Å². The first-order valence-electron chi connectivity index (χ1n) is 13.7. The Morgan fingerprint density at radius 2 is 1.40 bits per heavy atom. The first-order chi connectivity index (χ1) is 19.2. The van der Waals surface area contributed by atoms with Crippen molar-refractivity contribution in [1.82, 2.24) is 10.2 Å². The van der Waals surface area contributed by atoms with Gasteiger partial charge in [-0.05, 0) is 19.3 Å². The maximum atomic E-state index is 14.1. The number of rotatable bonds is 12. The van der Waals surface area contributed by atoms with Crippen LogP contribution in [0.2, 0.25) is 0 Å². The Morgan fingerprint density at radius 1 is 0.900 bits per heavy atom. The van der Waals surface area contributed by atoms with E-state index < -0.39 is 42.6 Å². The van der Waals surface area contributed by atoms with Crippen molar-refractivity contribution in [3.8, 4) is 11.5 Å². The van der Waals surface area contributed by atoms with Crippen LogP contribution in [0.25, 0.3) is 0 Å². The molecule has 1 aliphatic rings. The smallest absolute Gasteiger partial charge is 0.410 e. The van der Waals surface area contributed by atoms with E-state index in [2.05, 4.69) is 5.32 Å². The molecule has 0 aliphatic carbocycles. The SMILES string of the molecule is CCCCOc1cc(F)c(CO)c(F)c1.CCCCOc1cc(F)c(COC(=O)N2CCNC[C@H]2CC)c(F)c1. The molecule has 1 heterocycles. The molecule has 7 nitrogen and oxygen atoms in total. The highest BCUT2D eigenvalue weighted by molar-refractivity contribution is 5.68. The molecule has 1 amide bonds. The van der Waals surface area contributed by atoms with Gasteiger partial charge in [0.2, 0.25) is 0 Å². The summed E-state index contributed by atoms with van der Waals surface area (Å²) in [5.41, 5.74) is -0.586. The van der Waals surface area contributed by atoms with Crippen molar-refractivity contribution in [3.63, 3.8) is 0 Å². The summed E-state index contributed by atoms with van der Waals surface area (Å²) in [5.74, 6) is -2.78. The van der Waals surface area contributed by atoms with Gasteiger partial charge in [0.05, 0.1) is 25.4 Å². The second-order valence-corrected chi connectivity index (χ2v) is 9.31. The number of halogens is 4. The number of nitrogens with one attached hydrogen (secondary N) is 1. The van der Waals surface area contributed by atoms with Gasteiger partial charge >= 0.3 is 6.09 Å². The van der Waals surface area contributed by atoms with Gasteiger partial charge in [0.1, 0.15) is 41.4 Å². The molecular weight excluding hydrogens is 532 g/mol. The fraction of sp³-hybridized carbons (Fsp3) is 0.552. The van der Waals surface area contributed by atoms with Crippen LogP contribution >= 0.6 is 0 Å². The number of unbranched alkanes of at least 4 members (excludes halogenated alkanes) is 2. The topological polar surface area (TPSA) is 80.3 Å². The molecule has 224 valence electrons. The summed E-state index contributed by atoms with van der Waals surface area (Å²) < 4.78 is 70.1. The van der Waals surface area contributed by atoms with E-state index in [-0.39, 0.29) is 28.7 Å². The van der Waals surface area contributed by atoms with E-state index in [9.17, 15) is 22.4 Å². The molecule has 11 heteroatoms. The van der Waals surface area contributed by atoms with E-state index in [1.165, 1.54) is 0 Å². The first kappa shape index (κ1) is 33.2. The lowest BCUT2D eigenvalue weighted by atomic mass is 10.1. The highest BCUT2D eigenvalue weighted by Crippen LogP contribution is 2.23. The van der Waals surface area contributed by atoms with Crippen molar-refractivity contribution in [2.45, 2.75) is 72.1 Å². The van der Waals surface area contributed by atoms with Gasteiger partial charge < -0.3 is 29.5 Å². The lowest BCUT2D eigenvalue weighted by Crippen LogP contribution is -2.53. The Morgan fingerprint density at radius 3 is 1.85 bits per heavy atom. The fourth-order valence-corrected chi connectivity index (χ4v) is 3.87. The Labute approximate surface area is 233 Å². The number of aliphatic hydroxyl groups excluding tert-OH is 1. The van der Waals surface area contributed by atoms with E-state index in [0.717, 1.165) is 56.4 Å². The van der Waals surface area contributed by atoms with Gasteiger partial charge in [-0.2, -0.15) is 0 Å². The van der Waals surface area contributed by atoms with Gasteiger partial charge in [-0.15, -0.1) is 0 Å². The fourth-order valence-electron chi connectivity index (χ4n) is 3.87. The average molecular weight is 573 g/mol. The van der Waals surface area contributed by atoms with Crippen molar-refractivity contribution < 1.29 is 41.7 Å². The third-order valence-corrected chi connectivity index (χ3v) is 6.32. The average Bonchev–Trinajstić information content (AvgIpc) is 2.93. The monoisotopic (exact) mass is 572 g/mol. The van der Waals surface area contributed by atoms with Gasteiger partial charge in [-0.1, -0.05) is 33.6 Å². The molecule has 0 spiro atoms. The van der Waals surface area contributed by atoms with Gasteiger partial charge in [-0.3, -0.25) is 0 Å². The molecule has 0 aromatic heterocycles. The summed E-state index contributed by atoms with van der Waals surface area (Å²) in [6.07, 6.45) is 3.78. The van der Waals surface area contributed by atoms with Gasteiger partial charge in [0.15, 0.2) is 0 Å². The van der Waals surface area contributed by atoms with Crippen LogP contribution in [0.1, 0.15) is 64.0 Å². The maximum Gasteiger partial charge on any atom is 0.410 e. The summed E-state index contributed by atoms with van der Waals surface area (Å²) >= 11 is 0. The number of carbonyl (C=O) groups is 1. The molecule has 3 rings (SSSR count). The summed E-state index contributed by atoms with van der Waals surface area (Å²) in [4.78, 5) is 13.8. The van der Waals surface area contributed by atoms with Crippen molar-refractivity contribution in [2.75, 3.05) is 32.8 Å². The molecule has 2 aromatic rings. The molecule has 40 heavy (non-hydrogen) atoms. The third kappa shape index (κ3) is 10.2. The Balaban J connectivity index is 0.000000319. The molecule has 1 saturated heterocycles. The van der Waals surface area contributed by atoms with E-state index in [1.54, 1.807) is 4.90 Å². The maximum absolute atomic E-state index is 14.1. The van der Waals surface area contributed by atoms with Crippen LogP contribution in [0.4, 0.5) is 22.4 Å². The van der Waals surface area contributed by atoms with Crippen LogP contribution in [0.3, 0.4) is 0 Å². The van der Waals surface area contributed by atoms with E-state index in [4.69, 9.17) is 19.3 Å². The molecule has 0 radical (unpaired) electrons. The largest absolute Gasteiger partial charge is 0.493 e. The number of nitrogens with zero attached hydrogens (tertiary/aromatic N) is 1. The number of hydrogen-bond donors (Lipinski definition) is 2. The lowest BCUT2D eigenvalue weighted by Gasteiger charge is -2.34. The molecule has 1 atom stereocenters. The van der Waals surface area contributed by atoms with Crippen LogP contribution in [0.15, 0.2) is 24.3 Å². The highest BCUT2D eigenvalue weighted by Gasteiger charge is 2.27. The Kier molecular flexibility index (Phi) is 14.6. The summed E-state index contributed by atoms with van der Waals surface area (Å²) in [7, 11) is 0. The Bertz CT molecular complexity index is 1030. The first-order valence-corrected chi connectivity index (χ1v) is 13.7. The van der Waals surface area contributed by atoms with Crippen molar-refractivity contribution in [2.24, 2.45) is 0 Å². The number of amides is 1.